The molecule has 0 bridgehead atoms. The van der Waals surface area contributed by atoms with Gasteiger partial charge >= 0.3 is 5.97 Å². The van der Waals surface area contributed by atoms with Crippen LogP contribution in [0.15, 0.2) is 36.4 Å². The van der Waals surface area contributed by atoms with Crippen molar-refractivity contribution < 1.29 is 14.6 Å². The molecule has 0 unspecified atom stereocenters. The number of hydrogen-bond donors (Lipinski definition) is 1. The van der Waals surface area contributed by atoms with E-state index in [1.807, 2.05) is 30.4 Å². The highest BCUT2D eigenvalue weighted by atomic mass is 35.5. The van der Waals surface area contributed by atoms with E-state index in [1.54, 1.807) is 0 Å². The van der Waals surface area contributed by atoms with Crippen molar-refractivity contribution in [1.29, 1.82) is 0 Å². The molecule has 1 N–H and O–H groups in total. The molecule has 2 aromatic carbocycles. The number of halogens is 2. The third-order valence-electron chi connectivity index (χ3n) is 6.20. The molecule has 2 aliphatic rings. The van der Waals surface area contributed by atoms with Crippen LogP contribution in [0.2, 0.25) is 10.0 Å². The number of likely N-dealkylation sites (tertiary alicyclic amines) is 1. The van der Waals surface area contributed by atoms with E-state index < -0.39 is 5.97 Å². The molecule has 0 radical (unpaired) electrons. The lowest BCUT2D eigenvalue weighted by Crippen LogP contribution is -2.43. The molecule has 4 nitrogen and oxygen atoms in total. The molecule has 6 heteroatoms. The molecule has 1 spiro atoms. The number of carboxylic acid groups (broad SMARTS) is 1. The van der Waals surface area contributed by atoms with Gasteiger partial charge in [-0.3, -0.25) is 4.79 Å². The van der Waals surface area contributed by atoms with Crippen LogP contribution in [0.25, 0.3) is 12.2 Å². The molecule has 4 rings (SSSR count). The Labute approximate surface area is 187 Å². The van der Waals surface area contributed by atoms with E-state index in [-0.39, 0.29) is 11.8 Å². The van der Waals surface area contributed by atoms with Crippen LogP contribution in [0.5, 0.6) is 5.75 Å². The van der Waals surface area contributed by atoms with Gasteiger partial charge < -0.3 is 14.7 Å². The van der Waals surface area contributed by atoms with Crippen LogP contribution in [-0.2, 0) is 10.2 Å². The molecule has 0 aromatic heterocycles. The minimum Gasteiger partial charge on any atom is -0.492 e. The molecule has 30 heavy (non-hydrogen) atoms. The molecular weight excluding hydrogens is 421 g/mol. The van der Waals surface area contributed by atoms with Crippen molar-refractivity contribution in [1.82, 2.24) is 4.90 Å². The van der Waals surface area contributed by atoms with Crippen LogP contribution in [0.1, 0.15) is 42.4 Å². The Morgan fingerprint density at radius 1 is 1.13 bits per heavy atom. The Kier molecular flexibility index (Phi) is 6.37. The highest BCUT2D eigenvalue weighted by Gasteiger charge is 2.42. The minimum absolute atomic E-state index is 0.0763. The SMILES string of the molecule is O=C(O)CCCN1CCC2(CC1)COc1cc(/C=C/c3c(Cl)cccc3Cl)ccc12. The fourth-order valence-electron chi connectivity index (χ4n) is 4.42. The number of fused-ring (bicyclic) bond motifs is 2. The minimum atomic E-state index is -0.719. The number of ether oxygens (including phenoxy) is 1. The molecule has 0 atom stereocenters. The Morgan fingerprint density at radius 3 is 2.57 bits per heavy atom. The van der Waals surface area contributed by atoms with Crippen molar-refractivity contribution in [3.05, 3.63) is 63.1 Å². The zero-order valence-electron chi connectivity index (χ0n) is 16.7. The summed E-state index contributed by atoms with van der Waals surface area (Å²) in [6, 6.07) is 11.9. The maximum Gasteiger partial charge on any atom is 0.303 e. The van der Waals surface area contributed by atoms with Crippen molar-refractivity contribution in [3.63, 3.8) is 0 Å². The van der Waals surface area contributed by atoms with Crippen molar-refractivity contribution in [2.45, 2.75) is 31.1 Å². The monoisotopic (exact) mass is 445 g/mol. The maximum atomic E-state index is 10.7. The second-order valence-electron chi connectivity index (χ2n) is 8.13. The number of benzene rings is 2. The number of hydrogen-bond acceptors (Lipinski definition) is 3. The lowest BCUT2D eigenvalue weighted by Gasteiger charge is -2.38. The van der Waals surface area contributed by atoms with Crippen molar-refractivity contribution in [3.8, 4) is 5.75 Å². The van der Waals surface area contributed by atoms with E-state index in [0.29, 0.717) is 16.5 Å². The Balaban J connectivity index is 1.43. The molecule has 0 saturated carbocycles. The van der Waals surface area contributed by atoms with Crippen molar-refractivity contribution >= 4 is 41.3 Å². The average molecular weight is 446 g/mol. The average Bonchev–Trinajstić information content (AvgIpc) is 3.06. The quantitative estimate of drug-likeness (QED) is 0.574. The zero-order valence-corrected chi connectivity index (χ0v) is 18.3. The summed E-state index contributed by atoms with van der Waals surface area (Å²) in [5.74, 6) is 0.241. The van der Waals surface area contributed by atoms with E-state index in [4.69, 9.17) is 33.0 Å². The van der Waals surface area contributed by atoms with Crippen LogP contribution in [0, 0.1) is 0 Å². The third kappa shape index (κ3) is 4.51. The molecule has 0 aliphatic carbocycles. The van der Waals surface area contributed by atoms with Gasteiger partial charge in [0.25, 0.3) is 0 Å². The molecular formula is C24H25Cl2NO3. The van der Waals surface area contributed by atoms with Gasteiger partial charge in [0.1, 0.15) is 5.75 Å². The number of aliphatic carboxylic acids is 1. The lowest BCUT2D eigenvalue weighted by atomic mass is 9.74. The van der Waals surface area contributed by atoms with Gasteiger partial charge in [-0.2, -0.15) is 0 Å². The summed E-state index contributed by atoms with van der Waals surface area (Å²) in [6.07, 6.45) is 6.97. The van der Waals surface area contributed by atoms with E-state index in [1.165, 1.54) is 5.56 Å². The number of rotatable bonds is 6. The fourth-order valence-corrected chi connectivity index (χ4v) is 4.94. The van der Waals surface area contributed by atoms with Gasteiger partial charge in [0.15, 0.2) is 0 Å². The van der Waals surface area contributed by atoms with Crippen LogP contribution in [0.3, 0.4) is 0 Å². The molecule has 1 fully saturated rings. The first-order chi connectivity index (χ1) is 14.5. The molecule has 2 aromatic rings. The predicted molar refractivity (Wildman–Crippen MR) is 122 cm³/mol. The fraction of sp³-hybridized carbons (Fsp3) is 0.375. The first kappa shape index (κ1) is 21.2. The smallest absolute Gasteiger partial charge is 0.303 e. The van der Waals surface area contributed by atoms with Gasteiger partial charge in [-0.05, 0) is 62.7 Å². The van der Waals surface area contributed by atoms with Crippen molar-refractivity contribution in [2.75, 3.05) is 26.2 Å². The van der Waals surface area contributed by atoms with Crippen LogP contribution in [0.4, 0.5) is 0 Å². The number of nitrogens with zero attached hydrogens (tertiary/aromatic N) is 1. The molecule has 1 saturated heterocycles. The summed E-state index contributed by atoms with van der Waals surface area (Å²) in [5, 5.41) is 10.1. The van der Waals surface area contributed by atoms with Crippen LogP contribution in [-0.4, -0.2) is 42.2 Å². The van der Waals surface area contributed by atoms with Gasteiger partial charge in [-0.1, -0.05) is 53.6 Å². The summed E-state index contributed by atoms with van der Waals surface area (Å²) in [7, 11) is 0. The van der Waals surface area contributed by atoms with Gasteiger partial charge in [0, 0.05) is 33.0 Å². The maximum absolute atomic E-state index is 10.7. The number of carboxylic acids is 1. The van der Waals surface area contributed by atoms with Gasteiger partial charge in [0.2, 0.25) is 0 Å². The molecule has 0 amide bonds. The van der Waals surface area contributed by atoms with Gasteiger partial charge in [-0.15, -0.1) is 0 Å². The first-order valence-electron chi connectivity index (χ1n) is 10.3. The Hall–Kier alpha value is -2.01. The summed E-state index contributed by atoms with van der Waals surface area (Å²) >= 11 is 12.5. The van der Waals surface area contributed by atoms with Gasteiger partial charge in [-0.25, -0.2) is 0 Å². The van der Waals surface area contributed by atoms with Crippen LogP contribution >= 0.6 is 23.2 Å². The normalized spacial score (nSPS) is 17.9. The highest BCUT2D eigenvalue weighted by molar-refractivity contribution is 6.37. The lowest BCUT2D eigenvalue weighted by molar-refractivity contribution is -0.137. The summed E-state index contributed by atoms with van der Waals surface area (Å²) < 4.78 is 6.10. The molecule has 2 aliphatic heterocycles. The first-order valence-corrected chi connectivity index (χ1v) is 11.1. The van der Waals surface area contributed by atoms with E-state index in [2.05, 4.69) is 23.1 Å². The van der Waals surface area contributed by atoms with E-state index in [9.17, 15) is 4.79 Å². The van der Waals surface area contributed by atoms with Gasteiger partial charge in [0.05, 0.1) is 6.61 Å². The standard InChI is InChI=1S/C24H25Cl2NO3/c25-20-3-1-4-21(26)18(20)8-6-17-7-9-19-22(15-17)30-16-24(19)10-13-27(14-11-24)12-2-5-23(28)29/h1,3-4,6-9,15H,2,5,10-14,16H2,(H,28,29)/b8-6+. The van der Waals surface area contributed by atoms with E-state index in [0.717, 1.165) is 56.0 Å². The third-order valence-corrected chi connectivity index (χ3v) is 6.86. The predicted octanol–water partition coefficient (Wildman–Crippen LogP) is 5.75. The van der Waals surface area contributed by atoms with Crippen LogP contribution < -0.4 is 4.74 Å². The summed E-state index contributed by atoms with van der Waals surface area (Å²) in [6.45, 7) is 3.53. The molecule has 158 valence electrons. The number of piperidine rings is 1. The van der Waals surface area contributed by atoms with E-state index >= 15 is 0 Å². The Bertz CT molecular complexity index is 945. The second kappa shape index (κ2) is 9.01. The number of carbonyl (C=O) groups is 1. The zero-order chi connectivity index (χ0) is 21.1. The topological polar surface area (TPSA) is 49.8 Å². The second-order valence-corrected chi connectivity index (χ2v) is 8.95. The molecule has 2 heterocycles. The summed E-state index contributed by atoms with van der Waals surface area (Å²) in [5.41, 5.74) is 3.23. The van der Waals surface area contributed by atoms with Crippen molar-refractivity contribution in [2.24, 2.45) is 0 Å². The summed E-state index contributed by atoms with van der Waals surface area (Å²) in [4.78, 5) is 13.1. The Morgan fingerprint density at radius 2 is 1.87 bits per heavy atom. The largest absolute Gasteiger partial charge is 0.492 e. The highest BCUT2D eigenvalue weighted by Crippen LogP contribution is 2.46.